The van der Waals surface area contributed by atoms with Gasteiger partial charge in [0.15, 0.2) is 5.13 Å². The maximum atomic E-state index is 13.1. The third-order valence-corrected chi connectivity index (χ3v) is 6.94. The minimum Gasteiger partial charge on any atom is -0.376 e. The van der Waals surface area contributed by atoms with E-state index in [1.54, 1.807) is 16.7 Å². The normalized spacial score (nSPS) is 16.6. The lowest BCUT2D eigenvalue weighted by atomic mass is 10.2. The molecule has 28 heavy (non-hydrogen) atoms. The number of aryl methyl sites for hydroxylation is 1. The summed E-state index contributed by atoms with van der Waals surface area (Å²) in [5, 5.41) is 1.39. The van der Waals surface area contributed by atoms with E-state index >= 15 is 0 Å². The standard InChI is InChI=1S/C21H21ClN2O2S2/c1-14-4-7-17(8-5-14)27-13-20(25)24(12-16-3-2-10-26-16)21-23-18-9-6-15(22)11-19(18)28-21/h4-9,11,16H,2-3,10,12-13H2,1H3. The van der Waals surface area contributed by atoms with Crippen molar-refractivity contribution < 1.29 is 9.53 Å². The molecule has 0 bridgehead atoms. The number of rotatable bonds is 6. The summed E-state index contributed by atoms with van der Waals surface area (Å²) in [6.07, 6.45) is 2.09. The molecule has 1 fully saturated rings. The molecule has 1 unspecified atom stereocenters. The SMILES string of the molecule is Cc1ccc(SCC(=O)N(CC2CCCO2)c2nc3ccc(Cl)cc3s2)cc1. The van der Waals surface area contributed by atoms with Crippen LogP contribution in [0, 0.1) is 6.92 Å². The van der Waals surface area contributed by atoms with E-state index in [1.165, 1.54) is 16.9 Å². The minimum atomic E-state index is 0.0474. The first-order chi connectivity index (χ1) is 13.6. The zero-order valence-electron chi connectivity index (χ0n) is 15.6. The van der Waals surface area contributed by atoms with E-state index in [9.17, 15) is 4.79 Å². The largest absolute Gasteiger partial charge is 0.376 e. The number of fused-ring (bicyclic) bond motifs is 1. The Bertz CT molecular complexity index is 968. The molecule has 1 aliphatic rings. The molecule has 0 saturated carbocycles. The highest BCUT2D eigenvalue weighted by molar-refractivity contribution is 8.00. The van der Waals surface area contributed by atoms with Gasteiger partial charge in [-0.3, -0.25) is 9.69 Å². The van der Waals surface area contributed by atoms with E-state index in [1.807, 2.05) is 18.2 Å². The summed E-state index contributed by atoms with van der Waals surface area (Å²) >= 11 is 9.16. The fourth-order valence-electron chi connectivity index (χ4n) is 3.14. The number of anilines is 1. The highest BCUT2D eigenvalue weighted by atomic mass is 35.5. The number of hydrogen-bond acceptors (Lipinski definition) is 5. The van der Waals surface area contributed by atoms with Crippen molar-refractivity contribution in [3.05, 3.63) is 53.1 Å². The summed E-state index contributed by atoms with van der Waals surface area (Å²) in [4.78, 5) is 20.7. The second-order valence-electron chi connectivity index (χ2n) is 6.85. The van der Waals surface area contributed by atoms with E-state index in [0.717, 1.165) is 34.6 Å². The summed E-state index contributed by atoms with van der Waals surface area (Å²) in [6, 6.07) is 13.9. The molecule has 0 aliphatic carbocycles. The Morgan fingerprint density at radius 1 is 1.32 bits per heavy atom. The molecule has 0 N–H and O–H groups in total. The fourth-order valence-corrected chi connectivity index (χ4v) is 5.18. The van der Waals surface area contributed by atoms with Gasteiger partial charge in [-0.1, -0.05) is 40.6 Å². The van der Waals surface area contributed by atoms with E-state index in [2.05, 4.69) is 36.2 Å². The van der Waals surface area contributed by atoms with Gasteiger partial charge < -0.3 is 4.74 Å². The summed E-state index contributed by atoms with van der Waals surface area (Å²) < 4.78 is 6.76. The van der Waals surface area contributed by atoms with Crippen LogP contribution < -0.4 is 4.90 Å². The number of hydrogen-bond donors (Lipinski definition) is 0. The highest BCUT2D eigenvalue weighted by Gasteiger charge is 2.26. The van der Waals surface area contributed by atoms with Crippen molar-refractivity contribution in [3.8, 4) is 0 Å². The molecular weight excluding hydrogens is 412 g/mol. The van der Waals surface area contributed by atoms with Gasteiger partial charge in [-0.15, -0.1) is 11.8 Å². The van der Waals surface area contributed by atoms with Crippen molar-refractivity contribution in [2.24, 2.45) is 0 Å². The quantitative estimate of drug-likeness (QED) is 0.478. The Balaban J connectivity index is 1.54. The molecule has 1 atom stereocenters. The van der Waals surface area contributed by atoms with Crippen LogP contribution in [0.15, 0.2) is 47.4 Å². The lowest BCUT2D eigenvalue weighted by Gasteiger charge is -2.23. The lowest BCUT2D eigenvalue weighted by Crippen LogP contribution is -2.38. The maximum absolute atomic E-state index is 13.1. The first-order valence-electron chi connectivity index (χ1n) is 9.26. The third-order valence-electron chi connectivity index (χ3n) is 4.66. The number of halogens is 1. The number of ether oxygens (including phenoxy) is 1. The van der Waals surface area contributed by atoms with Gasteiger partial charge in [-0.05, 0) is 50.1 Å². The fraction of sp³-hybridized carbons (Fsp3) is 0.333. The summed E-state index contributed by atoms with van der Waals surface area (Å²) in [6.45, 7) is 3.36. The first kappa shape index (κ1) is 19.7. The average Bonchev–Trinajstić information content (AvgIpc) is 3.34. The van der Waals surface area contributed by atoms with E-state index < -0.39 is 0 Å². The van der Waals surface area contributed by atoms with Gasteiger partial charge in [0, 0.05) is 16.5 Å². The van der Waals surface area contributed by atoms with Gasteiger partial charge in [0.2, 0.25) is 5.91 Å². The molecule has 0 spiro atoms. The Morgan fingerprint density at radius 3 is 2.89 bits per heavy atom. The van der Waals surface area contributed by atoms with Crippen molar-refractivity contribution in [2.45, 2.75) is 30.8 Å². The zero-order chi connectivity index (χ0) is 19.5. The number of carbonyl (C=O) groups is 1. The first-order valence-corrected chi connectivity index (χ1v) is 11.4. The average molecular weight is 433 g/mol. The number of aromatic nitrogens is 1. The van der Waals surface area contributed by atoms with Crippen LogP contribution in [-0.4, -0.2) is 35.9 Å². The molecule has 7 heteroatoms. The third kappa shape index (κ3) is 4.69. The summed E-state index contributed by atoms with van der Waals surface area (Å²) in [7, 11) is 0. The van der Waals surface area contributed by atoms with Crippen LogP contribution in [0.3, 0.4) is 0 Å². The Kier molecular flexibility index (Phi) is 6.21. The van der Waals surface area contributed by atoms with E-state index in [4.69, 9.17) is 16.3 Å². The second-order valence-corrected chi connectivity index (χ2v) is 9.34. The molecule has 2 heterocycles. The van der Waals surface area contributed by atoms with Crippen molar-refractivity contribution >= 4 is 56.0 Å². The van der Waals surface area contributed by atoms with Gasteiger partial charge in [-0.25, -0.2) is 4.98 Å². The Hall–Kier alpha value is -1.60. The molecule has 3 aromatic rings. The molecule has 4 rings (SSSR count). The number of thioether (sulfide) groups is 1. The van der Waals surface area contributed by atoms with Gasteiger partial charge >= 0.3 is 0 Å². The molecule has 0 radical (unpaired) electrons. The minimum absolute atomic E-state index is 0.0474. The zero-order valence-corrected chi connectivity index (χ0v) is 17.9. The van der Waals surface area contributed by atoms with Crippen LogP contribution in [0.5, 0.6) is 0 Å². The Morgan fingerprint density at radius 2 is 2.14 bits per heavy atom. The predicted molar refractivity (Wildman–Crippen MR) is 118 cm³/mol. The maximum Gasteiger partial charge on any atom is 0.239 e. The monoisotopic (exact) mass is 432 g/mol. The summed E-state index contributed by atoms with van der Waals surface area (Å²) in [5.74, 6) is 0.415. The second kappa shape index (κ2) is 8.82. The predicted octanol–water partition coefficient (Wildman–Crippen LogP) is 5.56. The molecule has 1 saturated heterocycles. The van der Waals surface area contributed by atoms with Crippen LogP contribution in [0.1, 0.15) is 18.4 Å². The van der Waals surface area contributed by atoms with E-state index in [-0.39, 0.29) is 12.0 Å². The van der Waals surface area contributed by atoms with Crippen molar-refractivity contribution in [2.75, 3.05) is 23.8 Å². The van der Waals surface area contributed by atoms with Gasteiger partial charge in [0.1, 0.15) is 0 Å². The van der Waals surface area contributed by atoms with Gasteiger partial charge in [0.25, 0.3) is 0 Å². The van der Waals surface area contributed by atoms with Gasteiger partial charge in [-0.2, -0.15) is 0 Å². The van der Waals surface area contributed by atoms with Crippen molar-refractivity contribution in [1.29, 1.82) is 0 Å². The molecular formula is C21H21ClN2O2S2. The van der Waals surface area contributed by atoms with Crippen molar-refractivity contribution in [3.63, 3.8) is 0 Å². The van der Waals surface area contributed by atoms with Crippen LogP contribution in [0.25, 0.3) is 10.2 Å². The number of benzene rings is 2. The Labute approximate surface area is 177 Å². The van der Waals surface area contributed by atoms with Crippen LogP contribution in [0.4, 0.5) is 5.13 Å². The highest BCUT2D eigenvalue weighted by Crippen LogP contribution is 2.32. The van der Waals surface area contributed by atoms with Crippen LogP contribution in [0.2, 0.25) is 5.02 Å². The number of thiazole rings is 1. The van der Waals surface area contributed by atoms with E-state index in [0.29, 0.717) is 22.5 Å². The number of nitrogens with zero attached hydrogens (tertiary/aromatic N) is 2. The molecule has 1 aromatic heterocycles. The molecule has 1 amide bonds. The topological polar surface area (TPSA) is 42.4 Å². The molecule has 1 aliphatic heterocycles. The van der Waals surface area contributed by atoms with Crippen LogP contribution >= 0.6 is 34.7 Å². The summed E-state index contributed by atoms with van der Waals surface area (Å²) in [5.41, 5.74) is 2.07. The van der Waals surface area contributed by atoms with Crippen LogP contribution in [-0.2, 0) is 9.53 Å². The molecule has 2 aromatic carbocycles. The molecule has 4 nitrogen and oxygen atoms in total. The molecule has 146 valence electrons. The van der Waals surface area contributed by atoms with Crippen molar-refractivity contribution in [1.82, 2.24) is 4.98 Å². The number of amides is 1. The number of carbonyl (C=O) groups excluding carboxylic acids is 1. The smallest absolute Gasteiger partial charge is 0.239 e. The van der Waals surface area contributed by atoms with Gasteiger partial charge in [0.05, 0.1) is 28.6 Å². The lowest BCUT2D eigenvalue weighted by molar-refractivity contribution is -0.116.